The zero-order chi connectivity index (χ0) is 13.3. The number of benzene rings is 1. The number of carboxylic acid groups (broad SMARTS) is 1. The highest BCUT2D eigenvalue weighted by atomic mass is 35.5. The highest BCUT2D eigenvalue weighted by Gasteiger charge is 2.42. The Morgan fingerprint density at radius 3 is 2.33 bits per heavy atom. The summed E-state index contributed by atoms with van der Waals surface area (Å²) in [6.45, 7) is 0. The normalized spacial score (nSPS) is 18.6. The van der Waals surface area contributed by atoms with Crippen molar-refractivity contribution in [2.24, 2.45) is 0 Å². The molecule has 1 fully saturated rings. The average Bonchev–Trinajstić information content (AvgIpc) is 2.36. The van der Waals surface area contributed by atoms with Gasteiger partial charge in [-0.05, 0) is 30.5 Å². The van der Waals surface area contributed by atoms with Crippen LogP contribution in [0.2, 0.25) is 5.02 Å². The molecule has 1 N–H and O–H groups in total. The van der Waals surface area contributed by atoms with Crippen LogP contribution in [0.3, 0.4) is 0 Å². The molecule has 0 aromatic heterocycles. The molecule has 0 radical (unpaired) electrons. The van der Waals surface area contributed by atoms with Gasteiger partial charge in [-0.1, -0.05) is 30.9 Å². The van der Waals surface area contributed by atoms with Crippen molar-refractivity contribution >= 4 is 17.6 Å². The fraction of sp³-hybridized carbons (Fsp3) is 0.462. The fourth-order valence-electron chi connectivity index (χ4n) is 2.61. The van der Waals surface area contributed by atoms with Crippen molar-refractivity contribution in [3.63, 3.8) is 0 Å². The third-order valence-electron chi connectivity index (χ3n) is 3.65. The van der Waals surface area contributed by atoms with Crippen LogP contribution >= 0.6 is 11.6 Å². The molecule has 0 heterocycles. The molecular weight excluding hydrogens is 262 g/mol. The lowest BCUT2D eigenvalue weighted by molar-refractivity contribution is -0.145. The van der Waals surface area contributed by atoms with Crippen molar-refractivity contribution in [1.29, 1.82) is 0 Å². The van der Waals surface area contributed by atoms with E-state index in [1.807, 2.05) is 0 Å². The second-order valence-electron chi connectivity index (χ2n) is 4.70. The predicted octanol–water partition coefficient (Wildman–Crippen LogP) is 3.90. The van der Waals surface area contributed by atoms with Gasteiger partial charge in [-0.25, -0.2) is 8.78 Å². The molecule has 1 aromatic carbocycles. The lowest BCUT2D eigenvalue weighted by Crippen LogP contribution is -2.38. The lowest BCUT2D eigenvalue weighted by Gasteiger charge is -2.33. The molecular formula is C13H13ClF2O2. The Labute approximate surface area is 109 Å². The number of carboxylic acids is 1. The Hall–Kier alpha value is -1.16. The van der Waals surface area contributed by atoms with E-state index in [-0.39, 0.29) is 10.6 Å². The summed E-state index contributed by atoms with van der Waals surface area (Å²) in [6.07, 6.45) is 3.37. The maximum absolute atomic E-state index is 13.4. The third kappa shape index (κ3) is 2.09. The van der Waals surface area contributed by atoms with Gasteiger partial charge in [-0.15, -0.1) is 0 Å². The molecule has 2 rings (SSSR count). The van der Waals surface area contributed by atoms with Crippen molar-refractivity contribution in [3.05, 3.63) is 34.4 Å². The van der Waals surface area contributed by atoms with E-state index in [0.29, 0.717) is 12.8 Å². The van der Waals surface area contributed by atoms with E-state index in [9.17, 15) is 18.7 Å². The summed E-state index contributed by atoms with van der Waals surface area (Å²) in [4.78, 5) is 11.5. The van der Waals surface area contributed by atoms with Crippen LogP contribution in [-0.4, -0.2) is 11.1 Å². The number of hydrogen-bond acceptors (Lipinski definition) is 1. The lowest BCUT2D eigenvalue weighted by atomic mass is 9.69. The van der Waals surface area contributed by atoms with Crippen LogP contribution < -0.4 is 0 Å². The molecule has 1 aliphatic rings. The molecule has 0 unspecified atom stereocenters. The Kier molecular flexibility index (Phi) is 3.57. The van der Waals surface area contributed by atoms with Gasteiger partial charge in [0.2, 0.25) is 0 Å². The SMILES string of the molecule is O=C(O)C1(c2cc(F)c(F)c(Cl)c2)CCCCC1. The monoisotopic (exact) mass is 274 g/mol. The topological polar surface area (TPSA) is 37.3 Å². The summed E-state index contributed by atoms with van der Waals surface area (Å²) in [7, 11) is 0. The molecule has 1 aromatic rings. The number of aliphatic carboxylic acids is 1. The largest absolute Gasteiger partial charge is 0.481 e. The molecule has 0 atom stereocenters. The van der Waals surface area contributed by atoms with Crippen LogP contribution in [-0.2, 0) is 10.2 Å². The summed E-state index contributed by atoms with van der Waals surface area (Å²) in [5.74, 6) is -3.22. The summed E-state index contributed by atoms with van der Waals surface area (Å²) in [5, 5.41) is 9.07. The minimum absolute atomic E-state index is 0.263. The van der Waals surface area contributed by atoms with Crippen LogP contribution in [0.25, 0.3) is 0 Å². The number of hydrogen-bond donors (Lipinski definition) is 1. The zero-order valence-corrected chi connectivity index (χ0v) is 10.4. The molecule has 0 spiro atoms. The maximum atomic E-state index is 13.4. The minimum atomic E-state index is -1.13. The van der Waals surface area contributed by atoms with Crippen LogP contribution in [0.4, 0.5) is 8.78 Å². The second kappa shape index (κ2) is 4.84. The van der Waals surface area contributed by atoms with E-state index < -0.39 is 23.0 Å². The van der Waals surface area contributed by atoms with Crippen molar-refractivity contribution in [1.82, 2.24) is 0 Å². The molecule has 0 saturated heterocycles. The van der Waals surface area contributed by atoms with Gasteiger partial charge in [0.15, 0.2) is 11.6 Å². The molecule has 2 nitrogen and oxygen atoms in total. The number of halogens is 3. The molecule has 18 heavy (non-hydrogen) atoms. The van der Waals surface area contributed by atoms with Gasteiger partial charge in [0.05, 0.1) is 10.4 Å². The maximum Gasteiger partial charge on any atom is 0.314 e. The second-order valence-corrected chi connectivity index (χ2v) is 5.11. The minimum Gasteiger partial charge on any atom is -0.481 e. The third-order valence-corrected chi connectivity index (χ3v) is 3.93. The molecule has 1 saturated carbocycles. The number of carbonyl (C=O) groups is 1. The summed E-state index contributed by atoms with van der Waals surface area (Å²) >= 11 is 5.60. The van der Waals surface area contributed by atoms with Crippen LogP contribution in [0, 0.1) is 11.6 Å². The quantitative estimate of drug-likeness (QED) is 0.831. The van der Waals surface area contributed by atoms with E-state index >= 15 is 0 Å². The van der Waals surface area contributed by atoms with Crippen molar-refractivity contribution in [2.45, 2.75) is 37.5 Å². The highest BCUT2D eigenvalue weighted by Crippen LogP contribution is 2.41. The van der Waals surface area contributed by atoms with Gasteiger partial charge in [-0.3, -0.25) is 4.79 Å². The van der Waals surface area contributed by atoms with E-state index in [2.05, 4.69) is 0 Å². The average molecular weight is 275 g/mol. The Morgan fingerprint density at radius 2 is 1.83 bits per heavy atom. The van der Waals surface area contributed by atoms with Crippen molar-refractivity contribution in [3.8, 4) is 0 Å². The first-order valence-electron chi connectivity index (χ1n) is 5.86. The van der Waals surface area contributed by atoms with Crippen LogP contribution in [0.1, 0.15) is 37.7 Å². The molecule has 0 amide bonds. The predicted molar refractivity (Wildman–Crippen MR) is 63.8 cm³/mol. The first kappa shape index (κ1) is 13.3. The smallest absolute Gasteiger partial charge is 0.314 e. The van der Waals surface area contributed by atoms with Gasteiger partial charge in [-0.2, -0.15) is 0 Å². The van der Waals surface area contributed by atoms with Gasteiger partial charge >= 0.3 is 5.97 Å². The molecule has 1 aliphatic carbocycles. The Morgan fingerprint density at radius 1 is 1.22 bits per heavy atom. The molecule has 5 heteroatoms. The Bertz CT molecular complexity index is 459. The van der Waals surface area contributed by atoms with Crippen molar-refractivity contribution in [2.75, 3.05) is 0 Å². The van der Waals surface area contributed by atoms with Crippen LogP contribution in [0.15, 0.2) is 12.1 Å². The van der Waals surface area contributed by atoms with Gasteiger partial charge in [0.1, 0.15) is 0 Å². The Balaban J connectivity index is 2.52. The highest BCUT2D eigenvalue weighted by molar-refractivity contribution is 6.30. The molecule has 0 aliphatic heterocycles. The van der Waals surface area contributed by atoms with E-state index in [4.69, 9.17) is 11.6 Å². The van der Waals surface area contributed by atoms with Crippen molar-refractivity contribution < 1.29 is 18.7 Å². The van der Waals surface area contributed by atoms with E-state index in [1.165, 1.54) is 6.07 Å². The summed E-state index contributed by atoms with van der Waals surface area (Å²) < 4.78 is 26.5. The zero-order valence-electron chi connectivity index (χ0n) is 9.68. The fourth-order valence-corrected chi connectivity index (χ4v) is 2.82. The first-order chi connectivity index (χ1) is 8.47. The summed E-state index contributed by atoms with van der Waals surface area (Å²) in [5.41, 5.74) is -0.866. The summed E-state index contributed by atoms with van der Waals surface area (Å²) in [6, 6.07) is 2.19. The number of rotatable bonds is 2. The van der Waals surface area contributed by atoms with Gasteiger partial charge in [0.25, 0.3) is 0 Å². The standard InChI is InChI=1S/C13H13ClF2O2/c14-9-6-8(7-10(15)11(9)16)13(12(17)18)4-2-1-3-5-13/h6-7H,1-5H2,(H,17,18). The first-order valence-corrected chi connectivity index (χ1v) is 6.23. The van der Waals surface area contributed by atoms with Gasteiger partial charge < -0.3 is 5.11 Å². The molecule has 98 valence electrons. The van der Waals surface area contributed by atoms with Crippen LogP contribution in [0.5, 0.6) is 0 Å². The van der Waals surface area contributed by atoms with E-state index in [1.54, 1.807) is 0 Å². The molecule has 0 bridgehead atoms. The van der Waals surface area contributed by atoms with Gasteiger partial charge in [0, 0.05) is 0 Å². The van der Waals surface area contributed by atoms with E-state index in [0.717, 1.165) is 25.3 Å².